The zero-order chi connectivity index (χ0) is 14.9. The highest BCUT2D eigenvalue weighted by Crippen LogP contribution is 2.19. The number of thioether (sulfide) groups is 1. The molecule has 0 saturated carbocycles. The lowest BCUT2D eigenvalue weighted by molar-refractivity contribution is 0.0398. The molecule has 0 aliphatic rings. The summed E-state index contributed by atoms with van der Waals surface area (Å²) in [5, 5.41) is 9.90. The highest BCUT2D eigenvalue weighted by molar-refractivity contribution is 7.99. The van der Waals surface area contributed by atoms with E-state index in [2.05, 4.69) is 0 Å². The first kappa shape index (κ1) is 15.8. The van der Waals surface area contributed by atoms with E-state index in [4.69, 9.17) is 4.74 Å². The van der Waals surface area contributed by atoms with E-state index in [-0.39, 0.29) is 0 Å². The van der Waals surface area contributed by atoms with Gasteiger partial charge < -0.3 is 9.84 Å². The molecule has 2 rings (SSSR count). The molecule has 0 fully saturated rings. The third-order valence-electron chi connectivity index (χ3n) is 2.86. The van der Waals surface area contributed by atoms with Crippen molar-refractivity contribution in [2.75, 3.05) is 12.4 Å². The molecule has 0 amide bonds. The Morgan fingerprint density at radius 2 is 1.95 bits per heavy atom. The van der Waals surface area contributed by atoms with Gasteiger partial charge >= 0.3 is 0 Å². The Morgan fingerprint density at radius 1 is 1.14 bits per heavy atom. The van der Waals surface area contributed by atoms with E-state index in [1.165, 1.54) is 11.8 Å². The predicted octanol–water partition coefficient (Wildman–Crippen LogP) is 3.17. The molecule has 1 N–H and O–H groups in total. The summed E-state index contributed by atoms with van der Waals surface area (Å²) >= 11 is 1.52. The van der Waals surface area contributed by atoms with Gasteiger partial charge in [0.1, 0.15) is 6.29 Å². The van der Waals surface area contributed by atoms with Crippen molar-refractivity contribution in [2.45, 2.75) is 17.6 Å². The van der Waals surface area contributed by atoms with E-state index in [0.717, 1.165) is 16.7 Å². The zero-order valence-electron chi connectivity index (χ0n) is 11.6. The number of aliphatic hydroxyl groups is 1. The van der Waals surface area contributed by atoms with E-state index in [1.807, 2.05) is 48.5 Å². The number of benzene rings is 2. The van der Waals surface area contributed by atoms with E-state index in [1.54, 1.807) is 6.07 Å². The number of rotatable bonds is 8. The van der Waals surface area contributed by atoms with Gasteiger partial charge in [-0.3, -0.25) is 4.79 Å². The van der Waals surface area contributed by atoms with Crippen molar-refractivity contribution >= 4 is 18.0 Å². The largest absolute Gasteiger partial charge is 0.390 e. The molecule has 1 atom stereocenters. The van der Waals surface area contributed by atoms with Crippen molar-refractivity contribution in [3.8, 4) is 0 Å². The number of carbonyl (C=O) groups is 1. The van der Waals surface area contributed by atoms with Crippen LogP contribution in [0, 0.1) is 0 Å². The van der Waals surface area contributed by atoms with Crippen LogP contribution in [0.5, 0.6) is 0 Å². The molecule has 0 radical (unpaired) electrons. The molecule has 1 unspecified atom stereocenters. The van der Waals surface area contributed by atoms with Crippen LogP contribution in [-0.4, -0.2) is 29.9 Å². The monoisotopic (exact) mass is 302 g/mol. The molecule has 0 aromatic heterocycles. The molecular weight excluding hydrogens is 284 g/mol. The van der Waals surface area contributed by atoms with Gasteiger partial charge in [0.15, 0.2) is 0 Å². The number of ether oxygens (including phenoxy) is 1. The minimum absolute atomic E-state index is 0.301. The van der Waals surface area contributed by atoms with Crippen molar-refractivity contribution in [3.63, 3.8) is 0 Å². The smallest absolute Gasteiger partial charge is 0.150 e. The normalized spacial score (nSPS) is 12.0. The van der Waals surface area contributed by atoms with Gasteiger partial charge in [0, 0.05) is 16.2 Å². The third-order valence-corrected chi connectivity index (χ3v) is 4.00. The molecule has 110 valence electrons. The molecule has 0 heterocycles. The van der Waals surface area contributed by atoms with Gasteiger partial charge in [-0.25, -0.2) is 0 Å². The molecule has 21 heavy (non-hydrogen) atoms. The SMILES string of the molecule is O=Cc1cccc(SCC(O)COCc2ccccc2)c1. The molecule has 0 spiro atoms. The van der Waals surface area contributed by atoms with Crippen molar-refractivity contribution in [1.29, 1.82) is 0 Å². The third kappa shape index (κ3) is 5.71. The molecule has 2 aromatic carbocycles. The molecule has 0 aliphatic heterocycles. The second kappa shape index (κ2) is 8.62. The number of aldehydes is 1. The van der Waals surface area contributed by atoms with Gasteiger partial charge in [0.25, 0.3) is 0 Å². The van der Waals surface area contributed by atoms with Crippen molar-refractivity contribution in [1.82, 2.24) is 0 Å². The van der Waals surface area contributed by atoms with Crippen LogP contribution in [0.3, 0.4) is 0 Å². The van der Waals surface area contributed by atoms with Gasteiger partial charge in [0.2, 0.25) is 0 Å². The van der Waals surface area contributed by atoms with Crippen molar-refractivity contribution in [2.24, 2.45) is 0 Å². The molecule has 3 nitrogen and oxygen atoms in total. The highest BCUT2D eigenvalue weighted by atomic mass is 32.2. The van der Waals surface area contributed by atoms with Crippen molar-refractivity contribution < 1.29 is 14.6 Å². The Morgan fingerprint density at radius 3 is 2.71 bits per heavy atom. The molecule has 0 bridgehead atoms. The lowest BCUT2D eigenvalue weighted by Crippen LogP contribution is -2.17. The maximum absolute atomic E-state index is 10.7. The average Bonchev–Trinajstić information content (AvgIpc) is 2.54. The summed E-state index contributed by atoms with van der Waals surface area (Å²) in [7, 11) is 0. The maximum atomic E-state index is 10.7. The lowest BCUT2D eigenvalue weighted by atomic mass is 10.2. The fraction of sp³-hybridized carbons (Fsp3) is 0.235. The Bertz CT molecular complexity index is 557. The van der Waals surface area contributed by atoms with Crippen LogP contribution in [0.2, 0.25) is 0 Å². The number of hydrogen-bond acceptors (Lipinski definition) is 4. The summed E-state index contributed by atoms with van der Waals surface area (Å²) < 4.78 is 5.50. The zero-order valence-corrected chi connectivity index (χ0v) is 12.5. The van der Waals surface area contributed by atoms with Crippen LogP contribution < -0.4 is 0 Å². The van der Waals surface area contributed by atoms with Crippen molar-refractivity contribution in [3.05, 3.63) is 65.7 Å². The Kier molecular flexibility index (Phi) is 6.47. The van der Waals surface area contributed by atoms with E-state index < -0.39 is 6.10 Å². The maximum Gasteiger partial charge on any atom is 0.150 e. The minimum atomic E-state index is -0.529. The van der Waals surface area contributed by atoms with E-state index in [9.17, 15) is 9.90 Å². The van der Waals surface area contributed by atoms with Gasteiger partial charge in [0.05, 0.1) is 19.3 Å². The Hall–Kier alpha value is -1.62. The summed E-state index contributed by atoms with van der Waals surface area (Å²) in [6.07, 6.45) is 0.294. The van der Waals surface area contributed by atoms with Gasteiger partial charge in [-0.05, 0) is 17.7 Å². The number of carbonyl (C=O) groups excluding carboxylic acids is 1. The van der Waals surface area contributed by atoms with Crippen LogP contribution in [0.4, 0.5) is 0 Å². The van der Waals surface area contributed by atoms with Crippen LogP contribution in [0.15, 0.2) is 59.5 Å². The predicted molar refractivity (Wildman–Crippen MR) is 84.7 cm³/mol. The topological polar surface area (TPSA) is 46.5 Å². The van der Waals surface area contributed by atoms with E-state index in [0.29, 0.717) is 24.5 Å². The molecule has 0 saturated heterocycles. The highest BCUT2D eigenvalue weighted by Gasteiger charge is 2.06. The second-order valence-electron chi connectivity index (χ2n) is 4.66. The minimum Gasteiger partial charge on any atom is -0.390 e. The summed E-state index contributed by atoms with van der Waals surface area (Å²) in [6, 6.07) is 17.2. The quantitative estimate of drug-likeness (QED) is 0.601. The average molecular weight is 302 g/mol. The van der Waals surface area contributed by atoms with Crippen LogP contribution >= 0.6 is 11.8 Å². The second-order valence-corrected chi connectivity index (χ2v) is 5.75. The summed E-state index contributed by atoms with van der Waals surface area (Å²) in [6.45, 7) is 0.804. The molecule has 2 aromatic rings. The summed E-state index contributed by atoms with van der Waals surface area (Å²) in [5.41, 5.74) is 1.74. The van der Waals surface area contributed by atoms with Crippen LogP contribution in [0.1, 0.15) is 15.9 Å². The molecule has 0 aliphatic carbocycles. The number of aliphatic hydroxyl groups excluding tert-OH is 1. The Balaban J connectivity index is 1.69. The van der Waals surface area contributed by atoms with Gasteiger partial charge in [-0.2, -0.15) is 0 Å². The van der Waals surface area contributed by atoms with E-state index >= 15 is 0 Å². The first-order valence-corrected chi connectivity index (χ1v) is 7.74. The van der Waals surface area contributed by atoms with Crippen LogP contribution in [0.25, 0.3) is 0 Å². The summed E-state index contributed by atoms with van der Waals surface area (Å²) in [5.74, 6) is 0.539. The lowest BCUT2D eigenvalue weighted by Gasteiger charge is -2.11. The Labute approximate surface area is 129 Å². The fourth-order valence-electron chi connectivity index (χ4n) is 1.81. The first-order chi connectivity index (χ1) is 10.3. The fourth-order valence-corrected chi connectivity index (χ4v) is 2.68. The first-order valence-electron chi connectivity index (χ1n) is 6.75. The molecular formula is C17H18O3S. The number of hydrogen-bond donors (Lipinski definition) is 1. The standard InChI is InChI=1S/C17H18O3S/c18-10-15-7-4-8-17(9-15)21-13-16(19)12-20-11-14-5-2-1-3-6-14/h1-10,16,19H,11-13H2. The molecule has 4 heteroatoms. The van der Waals surface area contributed by atoms with Gasteiger partial charge in [-0.15, -0.1) is 11.8 Å². The van der Waals surface area contributed by atoms with Crippen LogP contribution in [-0.2, 0) is 11.3 Å². The van der Waals surface area contributed by atoms with Gasteiger partial charge in [-0.1, -0.05) is 42.5 Å². The summed E-state index contributed by atoms with van der Waals surface area (Å²) in [4.78, 5) is 11.7.